The Morgan fingerprint density at radius 1 is 1.20 bits per heavy atom. The SMILES string of the molecule is O=S(=O)(Cl)Cc1cncc2ccncc12. The van der Waals surface area contributed by atoms with Gasteiger partial charge in [-0.25, -0.2) is 8.42 Å². The lowest BCUT2D eigenvalue weighted by atomic mass is 10.1. The Bertz CT molecular complexity index is 593. The third-order valence-electron chi connectivity index (χ3n) is 1.97. The molecule has 6 heteroatoms. The van der Waals surface area contributed by atoms with Crippen LogP contribution in [0.1, 0.15) is 5.56 Å². The van der Waals surface area contributed by atoms with Gasteiger partial charge in [0.1, 0.15) is 0 Å². The summed E-state index contributed by atoms with van der Waals surface area (Å²) < 4.78 is 21.9. The van der Waals surface area contributed by atoms with Crippen molar-refractivity contribution in [2.75, 3.05) is 0 Å². The van der Waals surface area contributed by atoms with Gasteiger partial charge in [-0.1, -0.05) is 0 Å². The molecule has 2 rings (SSSR count). The Morgan fingerprint density at radius 3 is 2.73 bits per heavy atom. The minimum absolute atomic E-state index is 0.232. The van der Waals surface area contributed by atoms with Crippen molar-refractivity contribution in [3.63, 3.8) is 0 Å². The molecule has 0 saturated carbocycles. The van der Waals surface area contributed by atoms with Crippen LogP contribution in [0.3, 0.4) is 0 Å². The molecule has 2 aromatic heterocycles. The highest BCUT2D eigenvalue weighted by Gasteiger charge is 2.10. The molecule has 15 heavy (non-hydrogen) atoms. The highest BCUT2D eigenvalue weighted by Crippen LogP contribution is 2.19. The molecule has 2 aromatic rings. The smallest absolute Gasteiger partial charge is 0.236 e. The van der Waals surface area contributed by atoms with Crippen LogP contribution in [0.4, 0.5) is 0 Å². The van der Waals surface area contributed by atoms with Crippen LogP contribution >= 0.6 is 10.7 Å². The lowest BCUT2D eigenvalue weighted by molar-refractivity contribution is 0.609. The Labute approximate surface area is 91.3 Å². The first-order valence-corrected chi connectivity index (χ1v) is 6.63. The zero-order valence-electron chi connectivity index (χ0n) is 7.59. The van der Waals surface area contributed by atoms with Crippen LogP contribution in [0.25, 0.3) is 10.8 Å². The van der Waals surface area contributed by atoms with E-state index in [-0.39, 0.29) is 5.75 Å². The molecule has 78 valence electrons. The van der Waals surface area contributed by atoms with Crippen LogP contribution in [0.5, 0.6) is 0 Å². The summed E-state index contributed by atoms with van der Waals surface area (Å²) in [4.78, 5) is 7.88. The molecule has 0 amide bonds. The molecular weight excluding hydrogens is 236 g/mol. The number of pyridine rings is 2. The van der Waals surface area contributed by atoms with Crippen molar-refractivity contribution in [3.05, 3.63) is 36.4 Å². The molecule has 0 N–H and O–H groups in total. The Hall–Kier alpha value is -1.20. The third kappa shape index (κ3) is 2.43. The predicted molar refractivity (Wildman–Crippen MR) is 58.0 cm³/mol. The lowest BCUT2D eigenvalue weighted by Gasteiger charge is -2.02. The van der Waals surface area contributed by atoms with E-state index >= 15 is 0 Å². The van der Waals surface area contributed by atoms with Crippen molar-refractivity contribution < 1.29 is 8.42 Å². The quantitative estimate of drug-likeness (QED) is 0.752. The van der Waals surface area contributed by atoms with Crippen LogP contribution in [0, 0.1) is 0 Å². The Kier molecular flexibility index (Phi) is 2.58. The Morgan fingerprint density at radius 2 is 2.00 bits per heavy atom. The first-order chi connectivity index (χ1) is 7.06. The summed E-state index contributed by atoms with van der Waals surface area (Å²) in [5.41, 5.74) is 0.565. The Balaban J connectivity index is 2.61. The van der Waals surface area contributed by atoms with E-state index in [2.05, 4.69) is 9.97 Å². The van der Waals surface area contributed by atoms with Gasteiger partial charge in [0.05, 0.1) is 5.75 Å². The molecular formula is C9H7ClN2O2S. The first kappa shape index (κ1) is 10.3. The fourth-order valence-corrected chi connectivity index (χ4v) is 2.32. The molecule has 0 aromatic carbocycles. The fourth-order valence-electron chi connectivity index (χ4n) is 1.36. The second-order valence-corrected chi connectivity index (χ2v) is 5.86. The van der Waals surface area contributed by atoms with Gasteiger partial charge < -0.3 is 0 Å². The summed E-state index contributed by atoms with van der Waals surface area (Å²) in [7, 11) is 1.63. The van der Waals surface area contributed by atoms with E-state index in [1.54, 1.807) is 24.7 Å². The number of hydrogen-bond donors (Lipinski definition) is 0. The number of aromatic nitrogens is 2. The highest BCUT2D eigenvalue weighted by atomic mass is 35.7. The van der Waals surface area contributed by atoms with Crippen molar-refractivity contribution >= 4 is 30.5 Å². The molecule has 0 radical (unpaired) electrons. The minimum Gasteiger partial charge on any atom is -0.264 e. The van der Waals surface area contributed by atoms with Gasteiger partial charge >= 0.3 is 0 Å². The normalized spacial score (nSPS) is 11.8. The second kappa shape index (κ2) is 3.75. The van der Waals surface area contributed by atoms with Gasteiger partial charge in [0, 0.05) is 46.2 Å². The van der Waals surface area contributed by atoms with E-state index in [9.17, 15) is 8.42 Å². The number of nitrogens with zero attached hydrogens (tertiary/aromatic N) is 2. The summed E-state index contributed by atoms with van der Waals surface area (Å²) in [6.45, 7) is 0. The van der Waals surface area contributed by atoms with Crippen LogP contribution in [-0.4, -0.2) is 18.4 Å². The average molecular weight is 243 g/mol. The maximum Gasteiger partial charge on any atom is 0.236 e. The molecule has 0 aliphatic carbocycles. The van der Waals surface area contributed by atoms with Gasteiger partial charge in [0.15, 0.2) is 0 Å². The third-order valence-corrected chi connectivity index (χ3v) is 2.96. The monoisotopic (exact) mass is 242 g/mol. The molecule has 0 aliphatic heterocycles. The van der Waals surface area contributed by atoms with Gasteiger partial charge in [-0.15, -0.1) is 0 Å². The maximum atomic E-state index is 11.0. The van der Waals surface area contributed by atoms with Crippen molar-refractivity contribution in [3.8, 4) is 0 Å². The van der Waals surface area contributed by atoms with Crippen LogP contribution < -0.4 is 0 Å². The van der Waals surface area contributed by atoms with Gasteiger partial charge in [0.2, 0.25) is 9.05 Å². The van der Waals surface area contributed by atoms with Gasteiger partial charge in [-0.3, -0.25) is 9.97 Å². The van der Waals surface area contributed by atoms with Gasteiger partial charge in [-0.2, -0.15) is 0 Å². The number of rotatable bonds is 2. The van der Waals surface area contributed by atoms with E-state index in [0.29, 0.717) is 5.56 Å². The van der Waals surface area contributed by atoms with Crippen LogP contribution in [0.15, 0.2) is 30.9 Å². The zero-order valence-corrected chi connectivity index (χ0v) is 9.16. The van der Waals surface area contributed by atoms with E-state index in [0.717, 1.165) is 10.8 Å². The fraction of sp³-hybridized carbons (Fsp3) is 0.111. The predicted octanol–water partition coefficient (Wildman–Crippen LogP) is 1.70. The van der Waals surface area contributed by atoms with E-state index < -0.39 is 9.05 Å². The van der Waals surface area contributed by atoms with E-state index in [1.165, 1.54) is 6.20 Å². The summed E-state index contributed by atoms with van der Waals surface area (Å²) in [6.07, 6.45) is 6.38. The lowest BCUT2D eigenvalue weighted by Crippen LogP contribution is -1.97. The standard InChI is InChI=1S/C9H7ClN2O2S/c10-15(13,14)6-8-4-12-3-7-1-2-11-5-9(7)8/h1-5H,6H2. The summed E-state index contributed by atoms with van der Waals surface area (Å²) in [6, 6.07) is 1.77. The largest absolute Gasteiger partial charge is 0.264 e. The van der Waals surface area contributed by atoms with Crippen molar-refractivity contribution in [2.24, 2.45) is 0 Å². The van der Waals surface area contributed by atoms with E-state index in [4.69, 9.17) is 10.7 Å². The highest BCUT2D eigenvalue weighted by molar-refractivity contribution is 8.13. The number of hydrogen-bond acceptors (Lipinski definition) is 4. The van der Waals surface area contributed by atoms with E-state index in [1.807, 2.05) is 0 Å². The van der Waals surface area contributed by atoms with Crippen LogP contribution in [0.2, 0.25) is 0 Å². The molecule has 0 atom stereocenters. The molecule has 0 bridgehead atoms. The zero-order chi connectivity index (χ0) is 10.9. The maximum absolute atomic E-state index is 11.0. The number of fused-ring (bicyclic) bond motifs is 1. The van der Waals surface area contributed by atoms with Crippen molar-refractivity contribution in [1.29, 1.82) is 0 Å². The molecule has 0 aliphatic rings. The molecule has 0 saturated heterocycles. The van der Waals surface area contributed by atoms with Crippen molar-refractivity contribution in [1.82, 2.24) is 9.97 Å². The molecule has 2 heterocycles. The topological polar surface area (TPSA) is 59.9 Å². The summed E-state index contributed by atoms with van der Waals surface area (Å²) in [5.74, 6) is -0.232. The second-order valence-electron chi connectivity index (χ2n) is 3.08. The first-order valence-electron chi connectivity index (χ1n) is 4.15. The molecule has 0 fully saturated rings. The van der Waals surface area contributed by atoms with Gasteiger partial charge in [0.25, 0.3) is 0 Å². The average Bonchev–Trinajstić information content (AvgIpc) is 2.16. The van der Waals surface area contributed by atoms with Crippen molar-refractivity contribution in [2.45, 2.75) is 5.75 Å². The number of halogens is 1. The summed E-state index contributed by atoms with van der Waals surface area (Å²) in [5, 5.41) is 1.61. The van der Waals surface area contributed by atoms with Gasteiger partial charge in [-0.05, 0) is 11.6 Å². The molecule has 0 spiro atoms. The molecule has 0 unspecified atom stereocenters. The molecule has 4 nitrogen and oxygen atoms in total. The van der Waals surface area contributed by atoms with Crippen LogP contribution in [-0.2, 0) is 14.8 Å². The minimum atomic E-state index is -3.56. The summed E-state index contributed by atoms with van der Waals surface area (Å²) >= 11 is 0.